The van der Waals surface area contributed by atoms with Gasteiger partial charge in [0.1, 0.15) is 0 Å². The number of H-pyrrole nitrogens is 1. The number of imidazole rings is 1. The van der Waals surface area contributed by atoms with Gasteiger partial charge < -0.3 is 10.3 Å². The average Bonchev–Trinajstić information content (AvgIpc) is 2.86. The highest BCUT2D eigenvalue weighted by Gasteiger charge is 2.15. The number of amides is 1. The molecular formula is C12H14N4O3S. The molecule has 20 heavy (non-hydrogen) atoms. The van der Waals surface area contributed by atoms with Crippen LogP contribution in [0.15, 0.2) is 35.7 Å². The summed E-state index contributed by atoms with van der Waals surface area (Å²) in [7, 11) is -3.68. The summed E-state index contributed by atoms with van der Waals surface area (Å²) in [6.07, 6.45) is 2.51. The zero-order chi connectivity index (χ0) is 14.8. The smallest absolute Gasteiger partial charge is 0.278 e. The second-order valence-corrected chi connectivity index (χ2v) is 5.88. The van der Waals surface area contributed by atoms with Crippen LogP contribution in [-0.2, 0) is 14.8 Å². The SMILES string of the molecule is CC(=O)Nc1ccc(NS(=O)(=O)c2cnc[nH]2)cc1C. The number of nitrogens with zero attached hydrogens (tertiary/aromatic N) is 1. The highest BCUT2D eigenvalue weighted by molar-refractivity contribution is 7.92. The van der Waals surface area contributed by atoms with E-state index < -0.39 is 10.0 Å². The number of aryl methyl sites for hydroxylation is 1. The Bertz CT molecular complexity index is 723. The van der Waals surface area contributed by atoms with Gasteiger partial charge in [-0.2, -0.15) is 8.42 Å². The van der Waals surface area contributed by atoms with Crippen molar-refractivity contribution in [1.82, 2.24) is 9.97 Å². The van der Waals surface area contributed by atoms with Crippen LogP contribution in [0.1, 0.15) is 12.5 Å². The molecular weight excluding hydrogens is 280 g/mol. The summed E-state index contributed by atoms with van der Waals surface area (Å²) in [4.78, 5) is 17.2. The van der Waals surface area contributed by atoms with E-state index in [0.29, 0.717) is 11.4 Å². The van der Waals surface area contributed by atoms with Gasteiger partial charge in [0.2, 0.25) is 5.91 Å². The first kappa shape index (κ1) is 14.1. The maximum atomic E-state index is 12.0. The lowest BCUT2D eigenvalue weighted by Crippen LogP contribution is -2.14. The number of hydrogen-bond donors (Lipinski definition) is 3. The van der Waals surface area contributed by atoms with E-state index in [0.717, 1.165) is 5.56 Å². The summed E-state index contributed by atoms with van der Waals surface area (Å²) in [5.74, 6) is -0.182. The van der Waals surface area contributed by atoms with E-state index in [2.05, 4.69) is 20.0 Å². The second kappa shape index (κ2) is 5.33. The Labute approximate surface area is 116 Å². The third kappa shape index (κ3) is 3.15. The number of nitrogens with one attached hydrogen (secondary N) is 3. The molecule has 0 saturated heterocycles. The van der Waals surface area contributed by atoms with E-state index in [-0.39, 0.29) is 10.9 Å². The number of hydrogen-bond acceptors (Lipinski definition) is 4. The number of rotatable bonds is 4. The van der Waals surface area contributed by atoms with E-state index >= 15 is 0 Å². The Morgan fingerprint density at radius 3 is 2.65 bits per heavy atom. The van der Waals surface area contributed by atoms with Crippen LogP contribution in [0.25, 0.3) is 0 Å². The fourth-order valence-electron chi connectivity index (χ4n) is 1.66. The third-order valence-electron chi connectivity index (χ3n) is 2.55. The summed E-state index contributed by atoms with van der Waals surface area (Å²) in [5.41, 5.74) is 1.80. The predicted molar refractivity (Wildman–Crippen MR) is 74.9 cm³/mol. The van der Waals surface area contributed by atoms with Crippen LogP contribution in [0.2, 0.25) is 0 Å². The molecule has 0 aliphatic heterocycles. The van der Waals surface area contributed by atoms with Gasteiger partial charge in [0, 0.05) is 18.3 Å². The molecule has 1 aromatic heterocycles. The number of sulfonamides is 1. The zero-order valence-corrected chi connectivity index (χ0v) is 11.8. The van der Waals surface area contributed by atoms with Gasteiger partial charge in [-0.25, -0.2) is 4.98 Å². The maximum absolute atomic E-state index is 12.0. The number of anilines is 2. The normalized spacial score (nSPS) is 11.1. The van der Waals surface area contributed by atoms with Crippen LogP contribution in [-0.4, -0.2) is 24.3 Å². The fraction of sp³-hybridized carbons (Fsp3) is 0.167. The zero-order valence-electron chi connectivity index (χ0n) is 11.0. The van der Waals surface area contributed by atoms with Crippen molar-refractivity contribution >= 4 is 27.3 Å². The molecule has 0 atom stereocenters. The fourth-order valence-corrected chi connectivity index (χ4v) is 2.61. The van der Waals surface area contributed by atoms with Crippen molar-refractivity contribution in [2.24, 2.45) is 0 Å². The van der Waals surface area contributed by atoms with Crippen molar-refractivity contribution in [1.29, 1.82) is 0 Å². The van der Waals surface area contributed by atoms with Crippen molar-refractivity contribution in [2.75, 3.05) is 10.0 Å². The Morgan fingerprint density at radius 2 is 2.10 bits per heavy atom. The minimum Gasteiger partial charge on any atom is -0.334 e. The van der Waals surface area contributed by atoms with Crippen LogP contribution in [0.5, 0.6) is 0 Å². The van der Waals surface area contributed by atoms with Crippen LogP contribution in [0.4, 0.5) is 11.4 Å². The molecule has 1 amide bonds. The van der Waals surface area contributed by atoms with Crippen molar-refractivity contribution in [3.05, 3.63) is 36.3 Å². The average molecular weight is 294 g/mol. The second-order valence-electron chi connectivity index (χ2n) is 4.23. The Balaban J connectivity index is 2.23. The molecule has 0 fully saturated rings. The highest BCUT2D eigenvalue weighted by Crippen LogP contribution is 2.21. The first-order valence-electron chi connectivity index (χ1n) is 5.78. The van der Waals surface area contributed by atoms with Gasteiger partial charge in [-0.1, -0.05) is 0 Å². The van der Waals surface area contributed by atoms with Gasteiger partial charge >= 0.3 is 0 Å². The van der Waals surface area contributed by atoms with Crippen molar-refractivity contribution in [3.8, 4) is 0 Å². The summed E-state index contributed by atoms with van der Waals surface area (Å²) in [6.45, 7) is 3.19. The quantitative estimate of drug-likeness (QED) is 0.794. The van der Waals surface area contributed by atoms with Crippen LogP contribution in [0.3, 0.4) is 0 Å². The number of benzene rings is 1. The third-order valence-corrected chi connectivity index (χ3v) is 3.86. The van der Waals surface area contributed by atoms with Crippen LogP contribution < -0.4 is 10.0 Å². The molecule has 2 rings (SSSR count). The van der Waals surface area contributed by atoms with Gasteiger partial charge in [0.25, 0.3) is 10.0 Å². The molecule has 1 aromatic carbocycles. The monoisotopic (exact) mass is 294 g/mol. The summed E-state index contributed by atoms with van der Waals surface area (Å²) in [6, 6.07) is 4.85. The molecule has 106 valence electrons. The molecule has 2 aromatic rings. The molecule has 0 aliphatic rings. The van der Waals surface area contributed by atoms with E-state index in [1.807, 2.05) is 0 Å². The van der Waals surface area contributed by atoms with Gasteiger partial charge in [0.15, 0.2) is 5.03 Å². The molecule has 0 saturated carbocycles. The number of carbonyl (C=O) groups excluding carboxylic acids is 1. The van der Waals surface area contributed by atoms with Crippen molar-refractivity contribution < 1.29 is 13.2 Å². The number of aromatic amines is 1. The highest BCUT2D eigenvalue weighted by atomic mass is 32.2. The van der Waals surface area contributed by atoms with Gasteiger partial charge in [0.05, 0.1) is 12.5 Å². The van der Waals surface area contributed by atoms with Gasteiger partial charge in [-0.15, -0.1) is 0 Å². The van der Waals surface area contributed by atoms with E-state index in [4.69, 9.17) is 0 Å². The molecule has 0 aliphatic carbocycles. The predicted octanol–water partition coefficient (Wildman–Crippen LogP) is 1.48. The lowest BCUT2D eigenvalue weighted by molar-refractivity contribution is -0.114. The first-order valence-corrected chi connectivity index (χ1v) is 7.26. The molecule has 0 bridgehead atoms. The van der Waals surface area contributed by atoms with E-state index in [1.54, 1.807) is 25.1 Å². The minimum atomic E-state index is -3.68. The molecule has 0 spiro atoms. The van der Waals surface area contributed by atoms with Crippen molar-refractivity contribution in [2.45, 2.75) is 18.9 Å². The van der Waals surface area contributed by atoms with Crippen molar-refractivity contribution in [3.63, 3.8) is 0 Å². The molecule has 3 N–H and O–H groups in total. The van der Waals surface area contributed by atoms with Crippen LogP contribution in [0, 0.1) is 6.92 Å². The number of aromatic nitrogens is 2. The van der Waals surface area contributed by atoms with E-state index in [9.17, 15) is 13.2 Å². The molecule has 7 nitrogen and oxygen atoms in total. The lowest BCUT2D eigenvalue weighted by Gasteiger charge is -2.10. The Hall–Kier alpha value is -2.35. The first-order chi connectivity index (χ1) is 9.38. The Kier molecular flexibility index (Phi) is 3.75. The lowest BCUT2D eigenvalue weighted by atomic mass is 10.2. The molecule has 0 unspecified atom stereocenters. The standard InChI is InChI=1S/C12H14N4O3S/c1-8-5-10(3-4-11(8)15-9(2)17)16-20(18,19)12-6-13-7-14-12/h3-7,16H,1-2H3,(H,13,14)(H,15,17). The summed E-state index contributed by atoms with van der Waals surface area (Å²) < 4.78 is 26.4. The minimum absolute atomic E-state index is 0.0129. The molecule has 1 heterocycles. The summed E-state index contributed by atoms with van der Waals surface area (Å²) >= 11 is 0. The summed E-state index contributed by atoms with van der Waals surface area (Å²) in [5, 5.41) is 2.65. The van der Waals surface area contributed by atoms with Crippen LogP contribution >= 0.6 is 0 Å². The van der Waals surface area contributed by atoms with Gasteiger partial charge in [-0.05, 0) is 30.7 Å². The molecule has 0 radical (unpaired) electrons. The maximum Gasteiger partial charge on any atom is 0.278 e. The Morgan fingerprint density at radius 1 is 1.35 bits per heavy atom. The topological polar surface area (TPSA) is 104 Å². The van der Waals surface area contributed by atoms with Gasteiger partial charge in [-0.3, -0.25) is 9.52 Å². The largest absolute Gasteiger partial charge is 0.334 e. The van der Waals surface area contributed by atoms with E-state index in [1.165, 1.54) is 19.4 Å². The molecule has 8 heteroatoms. The number of carbonyl (C=O) groups is 1.